The Balaban J connectivity index is 1.77. The molecule has 2 amide bonds. The molecule has 2 heterocycles. The van der Waals surface area contributed by atoms with Crippen molar-refractivity contribution in [2.45, 2.75) is 25.8 Å². The smallest absolute Gasteiger partial charge is 0.409 e. The third-order valence-electron chi connectivity index (χ3n) is 3.00. The molecule has 8 nitrogen and oxygen atoms in total. The Morgan fingerprint density at radius 2 is 2.26 bits per heavy atom. The van der Waals surface area contributed by atoms with Crippen molar-refractivity contribution in [1.82, 2.24) is 25.6 Å². The van der Waals surface area contributed by atoms with Gasteiger partial charge in [-0.05, 0) is 19.8 Å². The van der Waals surface area contributed by atoms with E-state index in [4.69, 9.17) is 4.74 Å². The lowest BCUT2D eigenvalue weighted by Gasteiger charge is -2.31. The number of amides is 2. The number of hydrogen-bond donors (Lipinski definition) is 2. The number of piperidine rings is 1. The van der Waals surface area contributed by atoms with Gasteiger partial charge in [-0.1, -0.05) is 0 Å². The second-order valence-electron chi connectivity index (χ2n) is 4.29. The van der Waals surface area contributed by atoms with Crippen molar-refractivity contribution in [3.05, 3.63) is 11.9 Å². The number of rotatable bonds is 3. The van der Waals surface area contributed by atoms with Gasteiger partial charge in [-0.3, -0.25) is 4.79 Å². The minimum absolute atomic E-state index is 0.0508. The molecule has 8 heteroatoms. The molecule has 2 N–H and O–H groups in total. The fraction of sp³-hybridized carbons (Fsp3) is 0.636. The van der Waals surface area contributed by atoms with Gasteiger partial charge < -0.3 is 15.0 Å². The minimum atomic E-state index is -0.288. The summed E-state index contributed by atoms with van der Waals surface area (Å²) in [6.07, 6.45) is 2.51. The Morgan fingerprint density at radius 1 is 1.53 bits per heavy atom. The monoisotopic (exact) mass is 267 g/mol. The van der Waals surface area contributed by atoms with Crippen LogP contribution in [-0.4, -0.2) is 58.0 Å². The number of aromatic amines is 1. The lowest BCUT2D eigenvalue weighted by molar-refractivity contribution is 0.0856. The number of likely N-dealkylation sites (tertiary alicyclic amines) is 1. The summed E-state index contributed by atoms with van der Waals surface area (Å²) in [6, 6.07) is 0.0508. The van der Waals surface area contributed by atoms with E-state index in [1.165, 1.54) is 6.20 Å². The molecule has 1 saturated heterocycles. The molecule has 0 aliphatic carbocycles. The number of nitrogens with zero attached hydrogens (tertiary/aromatic N) is 3. The van der Waals surface area contributed by atoms with E-state index in [2.05, 4.69) is 20.7 Å². The van der Waals surface area contributed by atoms with Gasteiger partial charge in [0.15, 0.2) is 5.69 Å². The van der Waals surface area contributed by atoms with Crippen molar-refractivity contribution in [3.63, 3.8) is 0 Å². The van der Waals surface area contributed by atoms with Crippen molar-refractivity contribution in [1.29, 1.82) is 0 Å². The highest BCUT2D eigenvalue weighted by Gasteiger charge is 2.25. The molecule has 0 radical (unpaired) electrons. The van der Waals surface area contributed by atoms with Crippen LogP contribution < -0.4 is 5.32 Å². The van der Waals surface area contributed by atoms with Crippen LogP contribution in [0, 0.1) is 0 Å². The van der Waals surface area contributed by atoms with Gasteiger partial charge >= 0.3 is 6.09 Å². The Kier molecular flexibility index (Phi) is 4.32. The Bertz CT molecular complexity index is 426. The second kappa shape index (κ2) is 6.17. The van der Waals surface area contributed by atoms with E-state index in [0.717, 1.165) is 0 Å². The highest BCUT2D eigenvalue weighted by atomic mass is 16.6. The summed E-state index contributed by atoms with van der Waals surface area (Å²) >= 11 is 0. The average molecular weight is 267 g/mol. The molecule has 1 fully saturated rings. The molecule has 1 aromatic rings. The van der Waals surface area contributed by atoms with Gasteiger partial charge in [0.2, 0.25) is 0 Å². The number of carbonyl (C=O) groups excluding carboxylic acids is 2. The van der Waals surface area contributed by atoms with Gasteiger partial charge in [0.05, 0.1) is 12.8 Å². The summed E-state index contributed by atoms with van der Waals surface area (Å²) < 4.78 is 4.93. The predicted octanol–water partition coefficient (Wildman–Crippen LogP) is 0.155. The standard InChI is InChI=1S/C11H17N5O3/c1-2-19-11(18)16-5-3-8(4-6-16)13-10(17)9-7-12-15-14-9/h7-8H,2-6H2,1H3,(H,13,17)(H,12,14,15). The topological polar surface area (TPSA) is 100 Å². The zero-order valence-corrected chi connectivity index (χ0v) is 10.8. The van der Waals surface area contributed by atoms with Crippen molar-refractivity contribution in [2.75, 3.05) is 19.7 Å². The lowest BCUT2D eigenvalue weighted by atomic mass is 10.1. The first-order chi connectivity index (χ1) is 9.20. The van der Waals surface area contributed by atoms with Crippen LogP contribution in [0.15, 0.2) is 6.20 Å². The maximum atomic E-state index is 11.8. The Morgan fingerprint density at radius 3 is 2.84 bits per heavy atom. The molecule has 0 saturated carbocycles. The van der Waals surface area contributed by atoms with E-state index < -0.39 is 0 Å². The van der Waals surface area contributed by atoms with Crippen molar-refractivity contribution in [3.8, 4) is 0 Å². The number of nitrogens with one attached hydrogen (secondary N) is 2. The third kappa shape index (κ3) is 3.43. The largest absolute Gasteiger partial charge is 0.450 e. The van der Waals surface area contributed by atoms with E-state index in [1.54, 1.807) is 11.8 Å². The normalized spacial score (nSPS) is 16.2. The number of ether oxygens (including phenoxy) is 1. The SMILES string of the molecule is CCOC(=O)N1CCC(NC(=O)c2cn[nH]n2)CC1. The van der Waals surface area contributed by atoms with E-state index in [9.17, 15) is 9.59 Å². The van der Waals surface area contributed by atoms with E-state index in [1.807, 2.05) is 0 Å². The first-order valence-corrected chi connectivity index (χ1v) is 6.29. The maximum Gasteiger partial charge on any atom is 0.409 e. The zero-order valence-electron chi connectivity index (χ0n) is 10.8. The summed E-state index contributed by atoms with van der Waals surface area (Å²) in [5.41, 5.74) is 0.271. The molecule has 0 bridgehead atoms. The van der Waals surface area contributed by atoms with Crippen LogP contribution >= 0.6 is 0 Å². The highest BCUT2D eigenvalue weighted by Crippen LogP contribution is 2.11. The first-order valence-electron chi connectivity index (χ1n) is 6.29. The van der Waals surface area contributed by atoms with Gasteiger partial charge in [0, 0.05) is 19.1 Å². The van der Waals surface area contributed by atoms with Crippen LogP contribution in [0.4, 0.5) is 4.79 Å². The first kappa shape index (κ1) is 13.3. The number of carbonyl (C=O) groups is 2. The predicted molar refractivity (Wildman–Crippen MR) is 65.5 cm³/mol. The molecular formula is C11H17N5O3. The lowest BCUT2D eigenvalue weighted by Crippen LogP contribution is -2.46. The molecule has 1 aliphatic heterocycles. The third-order valence-corrected chi connectivity index (χ3v) is 3.00. The molecule has 0 aromatic carbocycles. The Labute approximate surface area is 110 Å². The molecule has 0 spiro atoms. The molecular weight excluding hydrogens is 250 g/mol. The van der Waals surface area contributed by atoms with Gasteiger partial charge in [-0.2, -0.15) is 15.4 Å². The van der Waals surface area contributed by atoms with Crippen LogP contribution in [0.2, 0.25) is 0 Å². The van der Waals surface area contributed by atoms with Gasteiger partial charge in [0.1, 0.15) is 0 Å². The summed E-state index contributed by atoms with van der Waals surface area (Å²) in [4.78, 5) is 24.9. The molecule has 0 atom stereocenters. The van der Waals surface area contributed by atoms with Gasteiger partial charge in [0.25, 0.3) is 5.91 Å². The molecule has 2 rings (SSSR count). The van der Waals surface area contributed by atoms with Crippen molar-refractivity contribution < 1.29 is 14.3 Å². The van der Waals surface area contributed by atoms with Crippen LogP contribution in [-0.2, 0) is 4.74 Å². The van der Waals surface area contributed by atoms with Gasteiger partial charge in [-0.15, -0.1) is 0 Å². The van der Waals surface area contributed by atoms with Crippen LogP contribution in [0.3, 0.4) is 0 Å². The molecule has 1 aromatic heterocycles. The van der Waals surface area contributed by atoms with Crippen LogP contribution in [0.25, 0.3) is 0 Å². The number of H-pyrrole nitrogens is 1. The zero-order chi connectivity index (χ0) is 13.7. The van der Waals surface area contributed by atoms with Gasteiger partial charge in [-0.25, -0.2) is 4.79 Å². The molecule has 0 unspecified atom stereocenters. The summed E-state index contributed by atoms with van der Waals surface area (Å²) in [5.74, 6) is -0.247. The summed E-state index contributed by atoms with van der Waals surface area (Å²) in [6.45, 7) is 3.33. The van der Waals surface area contributed by atoms with E-state index in [-0.39, 0.29) is 23.7 Å². The molecule has 19 heavy (non-hydrogen) atoms. The molecule has 1 aliphatic rings. The highest BCUT2D eigenvalue weighted by molar-refractivity contribution is 5.92. The average Bonchev–Trinajstić information content (AvgIpc) is 2.94. The van der Waals surface area contributed by atoms with Crippen molar-refractivity contribution >= 4 is 12.0 Å². The Hall–Kier alpha value is -2.12. The minimum Gasteiger partial charge on any atom is -0.450 e. The van der Waals surface area contributed by atoms with Crippen LogP contribution in [0.5, 0.6) is 0 Å². The summed E-state index contributed by atoms with van der Waals surface area (Å²) in [7, 11) is 0. The van der Waals surface area contributed by atoms with E-state index in [0.29, 0.717) is 32.5 Å². The fourth-order valence-corrected chi connectivity index (χ4v) is 1.99. The van der Waals surface area contributed by atoms with E-state index >= 15 is 0 Å². The fourth-order valence-electron chi connectivity index (χ4n) is 1.99. The summed E-state index contributed by atoms with van der Waals surface area (Å²) in [5, 5.41) is 12.6. The maximum absolute atomic E-state index is 11.8. The van der Waals surface area contributed by atoms with Crippen LogP contribution in [0.1, 0.15) is 30.3 Å². The van der Waals surface area contributed by atoms with Crippen molar-refractivity contribution in [2.24, 2.45) is 0 Å². The second-order valence-corrected chi connectivity index (χ2v) is 4.29. The quantitative estimate of drug-likeness (QED) is 0.812. The number of aromatic nitrogens is 3. The molecule has 104 valence electrons. The number of hydrogen-bond acceptors (Lipinski definition) is 5.